The summed E-state index contributed by atoms with van der Waals surface area (Å²) in [6, 6.07) is 7.69. The van der Waals surface area contributed by atoms with Crippen molar-refractivity contribution in [1.82, 2.24) is 14.5 Å². The van der Waals surface area contributed by atoms with Crippen molar-refractivity contribution in [3.63, 3.8) is 0 Å². The van der Waals surface area contributed by atoms with E-state index in [1.807, 2.05) is 0 Å². The smallest absolute Gasteiger partial charge is 0.263 e. The third-order valence-electron chi connectivity index (χ3n) is 4.98. The molecule has 0 bridgehead atoms. The Balaban J connectivity index is 1.93. The van der Waals surface area contributed by atoms with Crippen molar-refractivity contribution in [2.45, 2.75) is 6.61 Å². The second kappa shape index (κ2) is 7.05. The molecule has 0 atom stereocenters. The average molecular weight is 425 g/mol. The molecule has 4 heterocycles. The molecular weight excluding hydrogens is 414 g/mol. The minimum Gasteiger partial charge on any atom is -0.485 e. The van der Waals surface area contributed by atoms with Crippen molar-refractivity contribution in [2.75, 3.05) is 0 Å². The van der Waals surface area contributed by atoms with Gasteiger partial charge in [0.2, 0.25) is 0 Å². The van der Waals surface area contributed by atoms with Gasteiger partial charge in [0.05, 0.1) is 28.7 Å². The molecule has 154 valence electrons. The highest BCUT2D eigenvalue weighted by Crippen LogP contribution is 2.38. The highest BCUT2D eigenvalue weighted by atomic mass is 19.2. The third-order valence-corrected chi connectivity index (χ3v) is 4.98. The van der Waals surface area contributed by atoms with Gasteiger partial charge in [0, 0.05) is 24.0 Å². The van der Waals surface area contributed by atoms with Crippen LogP contribution in [0.15, 0.2) is 59.8 Å². The fraction of sp³-hybridized carbons (Fsp3) is 0.0455. The van der Waals surface area contributed by atoms with E-state index in [-0.39, 0.29) is 18.4 Å². The van der Waals surface area contributed by atoms with Crippen molar-refractivity contribution in [1.29, 1.82) is 0 Å². The van der Waals surface area contributed by atoms with Gasteiger partial charge in [-0.2, -0.15) is 0 Å². The summed E-state index contributed by atoms with van der Waals surface area (Å²) in [5.41, 5.74) is -1.25. The lowest BCUT2D eigenvalue weighted by Gasteiger charge is -2.24. The molecule has 1 aliphatic rings. The first kappa shape index (κ1) is 19.0. The Hall–Kier alpha value is -4.01. The second-order valence-corrected chi connectivity index (χ2v) is 6.75. The van der Waals surface area contributed by atoms with Gasteiger partial charge in [0.1, 0.15) is 18.1 Å². The molecule has 5 rings (SSSR count). The Morgan fingerprint density at radius 3 is 2.39 bits per heavy atom. The van der Waals surface area contributed by atoms with E-state index in [4.69, 9.17) is 4.74 Å². The molecule has 0 spiro atoms. The number of fused-ring (bicyclic) bond motifs is 3. The van der Waals surface area contributed by atoms with Gasteiger partial charge in [-0.3, -0.25) is 19.3 Å². The van der Waals surface area contributed by atoms with Crippen LogP contribution in [-0.4, -0.2) is 14.5 Å². The van der Waals surface area contributed by atoms with Crippen LogP contribution in [0.5, 0.6) is 5.75 Å². The first-order chi connectivity index (χ1) is 15.0. The molecule has 0 N–H and O–H groups in total. The number of aromatic nitrogens is 3. The third kappa shape index (κ3) is 2.89. The van der Waals surface area contributed by atoms with Crippen molar-refractivity contribution < 1.29 is 22.3 Å². The maximum Gasteiger partial charge on any atom is 0.263 e. The van der Waals surface area contributed by atoms with Gasteiger partial charge in [-0.15, -0.1) is 0 Å². The van der Waals surface area contributed by atoms with Crippen molar-refractivity contribution in [3.8, 4) is 33.8 Å². The number of hydrogen-bond donors (Lipinski definition) is 0. The predicted molar refractivity (Wildman–Crippen MR) is 103 cm³/mol. The van der Waals surface area contributed by atoms with Gasteiger partial charge in [-0.05, 0) is 30.3 Å². The molecule has 4 aromatic rings. The number of rotatable bonds is 2. The van der Waals surface area contributed by atoms with E-state index in [1.165, 1.54) is 24.7 Å². The maximum absolute atomic E-state index is 14.6. The van der Waals surface area contributed by atoms with Gasteiger partial charge < -0.3 is 4.74 Å². The largest absolute Gasteiger partial charge is 0.485 e. The molecule has 0 unspecified atom stereocenters. The molecule has 0 fully saturated rings. The van der Waals surface area contributed by atoms with E-state index in [1.54, 1.807) is 24.3 Å². The Morgan fingerprint density at radius 2 is 1.68 bits per heavy atom. The van der Waals surface area contributed by atoms with Crippen LogP contribution in [0.4, 0.5) is 17.6 Å². The van der Waals surface area contributed by atoms with E-state index in [0.29, 0.717) is 22.7 Å². The van der Waals surface area contributed by atoms with Crippen LogP contribution in [0.1, 0.15) is 5.69 Å². The zero-order valence-electron chi connectivity index (χ0n) is 15.6. The summed E-state index contributed by atoms with van der Waals surface area (Å²) < 4.78 is 63.8. The number of benzene rings is 1. The van der Waals surface area contributed by atoms with E-state index in [0.717, 1.165) is 4.57 Å². The van der Waals surface area contributed by atoms with Crippen molar-refractivity contribution in [3.05, 3.63) is 94.3 Å². The summed E-state index contributed by atoms with van der Waals surface area (Å²) in [5.74, 6) is -6.16. The van der Waals surface area contributed by atoms with Crippen LogP contribution in [0, 0.1) is 23.3 Å². The number of halogens is 4. The summed E-state index contributed by atoms with van der Waals surface area (Å²) in [6.45, 7) is -0.0408. The van der Waals surface area contributed by atoms with Crippen LogP contribution in [-0.2, 0) is 6.61 Å². The first-order valence-corrected chi connectivity index (χ1v) is 9.08. The fourth-order valence-electron chi connectivity index (χ4n) is 3.60. The van der Waals surface area contributed by atoms with Gasteiger partial charge in [0.15, 0.2) is 23.3 Å². The lowest BCUT2D eigenvalue weighted by molar-refractivity contribution is 0.292. The zero-order chi connectivity index (χ0) is 21.7. The zero-order valence-corrected chi connectivity index (χ0v) is 15.6. The molecule has 9 heteroatoms. The molecule has 5 nitrogen and oxygen atoms in total. The molecule has 1 aromatic carbocycles. The summed E-state index contributed by atoms with van der Waals surface area (Å²) in [4.78, 5) is 21.6. The van der Waals surface area contributed by atoms with Crippen molar-refractivity contribution in [2.24, 2.45) is 0 Å². The highest BCUT2D eigenvalue weighted by Gasteiger charge is 2.29. The summed E-state index contributed by atoms with van der Waals surface area (Å²) in [5, 5.41) is 0. The predicted octanol–water partition coefficient (Wildman–Crippen LogP) is 4.41. The van der Waals surface area contributed by atoms with E-state index in [9.17, 15) is 22.4 Å². The Bertz CT molecular complexity index is 1380. The minimum absolute atomic E-state index is 0.0408. The Labute approximate surface area is 172 Å². The lowest BCUT2D eigenvalue weighted by atomic mass is 9.98. The molecule has 0 saturated heterocycles. The lowest BCUT2D eigenvalue weighted by Crippen LogP contribution is -2.28. The molecule has 0 amide bonds. The van der Waals surface area contributed by atoms with Crippen LogP contribution in [0.25, 0.3) is 28.1 Å². The molecular formula is C22H11F4N3O2. The van der Waals surface area contributed by atoms with Crippen LogP contribution < -0.4 is 10.3 Å². The van der Waals surface area contributed by atoms with Gasteiger partial charge in [0.25, 0.3) is 5.56 Å². The normalized spacial score (nSPS) is 12.1. The van der Waals surface area contributed by atoms with Crippen LogP contribution in [0.2, 0.25) is 0 Å². The summed E-state index contributed by atoms with van der Waals surface area (Å²) >= 11 is 0. The number of hydrogen-bond acceptors (Lipinski definition) is 4. The number of ether oxygens (including phenoxy) is 1. The minimum atomic E-state index is -1.66. The number of pyridine rings is 3. The molecule has 0 saturated carbocycles. The molecule has 0 aliphatic carbocycles. The first-order valence-electron chi connectivity index (χ1n) is 9.08. The van der Waals surface area contributed by atoms with Gasteiger partial charge in [-0.1, -0.05) is 0 Å². The average Bonchev–Trinajstić information content (AvgIpc) is 2.79. The van der Waals surface area contributed by atoms with Gasteiger partial charge in [-0.25, -0.2) is 17.6 Å². The monoisotopic (exact) mass is 425 g/mol. The Morgan fingerprint density at radius 1 is 0.935 bits per heavy atom. The molecule has 3 aromatic heterocycles. The summed E-state index contributed by atoms with van der Waals surface area (Å²) in [6.07, 6.45) is 4.34. The van der Waals surface area contributed by atoms with E-state index >= 15 is 0 Å². The quantitative estimate of drug-likeness (QED) is 0.353. The van der Waals surface area contributed by atoms with Crippen LogP contribution >= 0.6 is 0 Å². The van der Waals surface area contributed by atoms with E-state index in [2.05, 4.69) is 9.97 Å². The topological polar surface area (TPSA) is 57.0 Å². The SMILES string of the molecule is O=c1c(-c2c(F)c(F)cc(F)c2F)cc2c(n1-c1cccnc1)COc1cccnc1-2. The van der Waals surface area contributed by atoms with E-state index < -0.39 is 40.0 Å². The Kier molecular flexibility index (Phi) is 4.32. The highest BCUT2D eigenvalue weighted by molar-refractivity contribution is 5.77. The standard InChI is InChI=1S/C22H11F4N3O2/c23-14-8-15(24)20(26)18(19(14)25)13-7-12-16(10-31-17-4-2-6-28-21(12)17)29(22(13)30)11-3-1-5-27-9-11/h1-9H,10H2. The molecule has 1 aliphatic heterocycles. The number of nitrogens with zero attached hydrogens (tertiary/aromatic N) is 3. The maximum atomic E-state index is 14.6. The molecule has 0 radical (unpaired) electrons. The fourth-order valence-corrected chi connectivity index (χ4v) is 3.60. The van der Waals surface area contributed by atoms with Crippen LogP contribution in [0.3, 0.4) is 0 Å². The van der Waals surface area contributed by atoms with Gasteiger partial charge >= 0.3 is 0 Å². The second-order valence-electron chi connectivity index (χ2n) is 6.75. The molecule has 31 heavy (non-hydrogen) atoms. The van der Waals surface area contributed by atoms with Crippen molar-refractivity contribution >= 4 is 0 Å². The summed E-state index contributed by atoms with van der Waals surface area (Å²) in [7, 11) is 0.